The summed E-state index contributed by atoms with van der Waals surface area (Å²) in [4.78, 5) is 8.78. The number of hydrogen-bond donors (Lipinski definition) is 2. The number of nitrogens with one attached hydrogen (secondary N) is 1. The first-order valence-electron chi connectivity index (χ1n) is 9.62. The minimum absolute atomic E-state index is 0.0609. The number of nitrogens with zero attached hydrogens (tertiary/aromatic N) is 2. The molecule has 1 saturated heterocycles. The standard InChI is InChI=1S/C21H27N3O3/c1-21(2)26-19-15(12-25)10-17(20(19)27-21)24-18-11-16(22-13-23-18)9-8-14-6-4-3-5-7-14/h3-7,11,13,15,17,19-20,25H,8-10,12H2,1-2H3,(H,22,23,24)/t15-,17-,19-,20+/m1/s1. The highest BCUT2D eigenvalue weighted by Gasteiger charge is 2.53. The Hall–Kier alpha value is -2.02. The van der Waals surface area contributed by atoms with Gasteiger partial charge in [-0.05, 0) is 38.7 Å². The molecule has 4 rings (SSSR count). The average Bonchev–Trinajstić information content (AvgIpc) is 3.15. The van der Waals surface area contributed by atoms with Crippen LogP contribution >= 0.6 is 0 Å². The van der Waals surface area contributed by atoms with E-state index in [4.69, 9.17) is 9.47 Å². The number of anilines is 1. The van der Waals surface area contributed by atoms with E-state index in [1.165, 1.54) is 5.56 Å². The minimum atomic E-state index is -0.615. The molecule has 0 unspecified atom stereocenters. The summed E-state index contributed by atoms with van der Waals surface area (Å²) in [6, 6.07) is 12.5. The summed E-state index contributed by atoms with van der Waals surface area (Å²) in [6.07, 6.45) is 4.05. The van der Waals surface area contributed by atoms with E-state index < -0.39 is 5.79 Å². The molecule has 2 fully saturated rings. The maximum atomic E-state index is 9.70. The number of ether oxygens (including phenoxy) is 2. The molecule has 4 atom stereocenters. The van der Waals surface area contributed by atoms with Gasteiger partial charge in [0.2, 0.25) is 0 Å². The van der Waals surface area contributed by atoms with Gasteiger partial charge in [0.15, 0.2) is 5.79 Å². The zero-order valence-electron chi connectivity index (χ0n) is 15.8. The van der Waals surface area contributed by atoms with Crippen LogP contribution in [0.3, 0.4) is 0 Å². The summed E-state index contributed by atoms with van der Waals surface area (Å²) in [6.45, 7) is 3.94. The van der Waals surface area contributed by atoms with Crippen LogP contribution in [0.1, 0.15) is 31.5 Å². The van der Waals surface area contributed by atoms with Gasteiger partial charge in [0.05, 0.1) is 12.1 Å². The van der Waals surface area contributed by atoms with Crippen molar-refractivity contribution in [2.24, 2.45) is 5.92 Å². The Morgan fingerprint density at radius 1 is 1.11 bits per heavy atom. The van der Waals surface area contributed by atoms with Gasteiger partial charge in [-0.15, -0.1) is 0 Å². The van der Waals surface area contributed by atoms with E-state index in [1.807, 2.05) is 26.0 Å². The van der Waals surface area contributed by atoms with Crippen molar-refractivity contribution in [3.05, 3.63) is 54.0 Å². The molecule has 2 aliphatic rings. The molecule has 144 valence electrons. The molecule has 6 nitrogen and oxygen atoms in total. The highest BCUT2D eigenvalue weighted by atomic mass is 16.8. The third-order valence-corrected chi connectivity index (χ3v) is 5.39. The fraction of sp³-hybridized carbons (Fsp3) is 0.524. The molecule has 0 amide bonds. The number of fused-ring (bicyclic) bond motifs is 1. The van der Waals surface area contributed by atoms with Crippen LogP contribution in [0.2, 0.25) is 0 Å². The molecule has 1 aromatic carbocycles. The first-order valence-corrected chi connectivity index (χ1v) is 9.62. The van der Waals surface area contributed by atoms with Crippen molar-refractivity contribution < 1.29 is 14.6 Å². The van der Waals surface area contributed by atoms with Gasteiger partial charge < -0.3 is 19.9 Å². The molecule has 1 aliphatic heterocycles. The van der Waals surface area contributed by atoms with Crippen LogP contribution in [0.5, 0.6) is 0 Å². The van der Waals surface area contributed by atoms with Gasteiger partial charge in [0.1, 0.15) is 18.2 Å². The fourth-order valence-electron chi connectivity index (χ4n) is 4.13. The highest BCUT2D eigenvalue weighted by molar-refractivity contribution is 5.37. The predicted octanol–water partition coefficient (Wildman–Crippen LogP) is 2.57. The molecule has 27 heavy (non-hydrogen) atoms. The number of benzene rings is 1. The van der Waals surface area contributed by atoms with Crippen LogP contribution in [-0.2, 0) is 22.3 Å². The number of rotatable bonds is 6. The lowest BCUT2D eigenvalue weighted by atomic mass is 10.1. The molecule has 0 radical (unpaired) electrons. The van der Waals surface area contributed by atoms with E-state index in [0.29, 0.717) is 0 Å². The molecule has 2 aromatic rings. The minimum Gasteiger partial charge on any atom is -0.396 e. The molecule has 1 saturated carbocycles. The van der Waals surface area contributed by atoms with Crippen LogP contribution in [0.25, 0.3) is 0 Å². The molecular weight excluding hydrogens is 342 g/mol. The predicted molar refractivity (Wildman–Crippen MR) is 102 cm³/mol. The van der Waals surface area contributed by atoms with Crippen molar-refractivity contribution >= 4 is 5.82 Å². The lowest BCUT2D eigenvalue weighted by molar-refractivity contribution is -0.158. The Kier molecular flexibility index (Phi) is 5.12. The van der Waals surface area contributed by atoms with Gasteiger partial charge in [-0.2, -0.15) is 0 Å². The molecule has 1 aliphatic carbocycles. The van der Waals surface area contributed by atoms with Crippen molar-refractivity contribution in [1.29, 1.82) is 0 Å². The van der Waals surface area contributed by atoms with Gasteiger partial charge in [0.25, 0.3) is 0 Å². The van der Waals surface area contributed by atoms with Gasteiger partial charge in [-0.1, -0.05) is 30.3 Å². The number of aromatic nitrogens is 2. The van der Waals surface area contributed by atoms with Gasteiger partial charge in [-0.25, -0.2) is 9.97 Å². The summed E-state index contributed by atoms with van der Waals surface area (Å²) in [5.74, 6) is 0.257. The monoisotopic (exact) mass is 369 g/mol. The zero-order valence-corrected chi connectivity index (χ0v) is 15.8. The summed E-state index contributed by atoms with van der Waals surface area (Å²) in [7, 11) is 0. The topological polar surface area (TPSA) is 76.5 Å². The van der Waals surface area contributed by atoms with E-state index in [9.17, 15) is 5.11 Å². The Bertz CT molecular complexity index is 768. The Balaban J connectivity index is 1.42. The second-order valence-corrected chi connectivity index (χ2v) is 7.87. The lowest BCUT2D eigenvalue weighted by Crippen LogP contribution is -2.34. The van der Waals surface area contributed by atoms with E-state index in [0.717, 1.165) is 30.8 Å². The normalized spacial score (nSPS) is 28.9. The molecular formula is C21H27N3O3. The maximum Gasteiger partial charge on any atom is 0.163 e. The Labute approximate surface area is 160 Å². The van der Waals surface area contributed by atoms with Crippen molar-refractivity contribution in [3.63, 3.8) is 0 Å². The quantitative estimate of drug-likeness (QED) is 0.815. The van der Waals surface area contributed by atoms with Crippen molar-refractivity contribution in [1.82, 2.24) is 9.97 Å². The van der Waals surface area contributed by atoms with E-state index in [2.05, 4.69) is 39.6 Å². The highest BCUT2D eigenvalue weighted by Crippen LogP contribution is 2.42. The molecule has 0 spiro atoms. The largest absolute Gasteiger partial charge is 0.396 e. The van der Waals surface area contributed by atoms with E-state index in [-0.39, 0.29) is 30.8 Å². The number of aryl methyl sites for hydroxylation is 2. The van der Waals surface area contributed by atoms with Crippen LogP contribution < -0.4 is 5.32 Å². The second-order valence-electron chi connectivity index (χ2n) is 7.87. The molecule has 0 bridgehead atoms. The first-order chi connectivity index (χ1) is 13.0. The number of aliphatic hydroxyl groups is 1. The van der Waals surface area contributed by atoms with Crippen LogP contribution in [0, 0.1) is 5.92 Å². The molecule has 1 aromatic heterocycles. The number of hydrogen-bond acceptors (Lipinski definition) is 6. The summed E-state index contributed by atoms with van der Waals surface area (Å²) < 4.78 is 12.1. The van der Waals surface area contributed by atoms with Crippen LogP contribution in [-0.4, -0.2) is 45.7 Å². The molecule has 6 heteroatoms. The fourth-order valence-corrected chi connectivity index (χ4v) is 4.13. The smallest absolute Gasteiger partial charge is 0.163 e. The summed E-state index contributed by atoms with van der Waals surface area (Å²) in [5.41, 5.74) is 2.31. The maximum absolute atomic E-state index is 9.70. The van der Waals surface area contributed by atoms with Gasteiger partial charge >= 0.3 is 0 Å². The van der Waals surface area contributed by atoms with Gasteiger partial charge in [-0.3, -0.25) is 0 Å². The first kappa shape index (κ1) is 18.3. The summed E-state index contributed by atoms with van der Waals surface area (Å²) in [5, 5.41) is 13.2. The Morgan fingerprint density at radius 2 is 1.89 bits per heavy atom. The second kappa shape index (κ2) is 7.54. The Morgan fingerprint density at radius 3 is 2.67 bits per heavy atom. The lowest BCUT2D eigenvalue weighted by Gasteiger charge is -2.23. The average molecular weight is 369 g/mol. The molecule has 2 heterocycles. The third-order valence-electron chi connectivity index (χ3n) is 5.39. The van der Waals surface area contributed by atoms with Crippen molar-refractivity contribution in [2.75, 3.05) is 11.9 Å². The molecule has 2 N–H and O–H groups in total. The van der Waals surface area contributed by atoms with Crippen molar-refractivity contribution in [3.8, 4) is 0 Å². The van der Waals surface area contributed by atoms with Crippen LogP contribution in [0.15, 0.2) is 42.7 Å². The SMILES string of the molecule is CC1(C)O[C@@H]2[C@@H](CO)C[C@@H](Nc3cc(CCc4ccccc4)ncn3)[C@@H]2O1. The van der Waals surface area contributed by atoms with E-state index in [1.54, 1.807) is 6.33 Å². The van der Waals surface area contributed by atoms with Gasteiger partial charge in [0, 0.05) is 24.3 Å². The zero-order chi connectivity index (χ0) is 18.9. The summed E-state index contributed by atoms with van der Waals surface area (Å²) >= 11 is 0. The third kappa shape index (κ3) is 4.13. The van der Waals surface area contributed by atoms with Crippen molar-refractivity contribution in [2.45, 2.75) is 57.1 Å². The number of aliphatic hydroxyl groups excluding tert-OH is 1. The van der Waals surface area contributed by atoms with Crippen LogP contribution in [0.4, 0.5) is 5.82 Å². The van der Waals surface area contributed by atoms with E-state index >= 15 is 0 Å².